The minimum absolute atomic E-state index is 0.0675. The summed E-state index contributed by atoms with van der Waals surface area (Å²) < 4.78 is 10.8. The van der Waals surface area contributed by atoms with Crippen LogP contribution >= 0.6 is 0 Å². The Hall–Kier alpha value is -2.24. The van der Waals surface area contributed by atoms with Crippen LogP contribution in [0.4, 0.5) is 0 Å². The smallest absolute Gasteiger partial charge is 0.223 e. The number of nitrogens with zero attached hydrogens (tertiary/aromatic N) is 1. The fourth-order valence-electron chi connectivity index (χ4n) is 1.64. The van der Waals surface area contributed by atoms with Crippen molar-refractivity contribution in [3.8, 4) is 11.5 Å². The Balaban J connectivity index is 1.98. The molecule has 0 spiro atoms. The zero-order valence-corrected chi connectivity index (χ0v) is 9.97. The Labute approximate surface area is 104 Å². The topological polar surface area (TPSA) is 80.2 Å². The van der Waals surface area contributed by atoms with Crippen LogP contribution < -0.4 is 14.8 Å². The number of carbonyl (C=O) groups is 1. The van der Waals surface area contributed by atoms with Gasteiger partial charge in [-0.3, -0.25) is 4.79 Å². The van der Waals surface area contributed by atoms with Crippen LogP contribution in [0, 0.1) is 0 Å². The molecular formula is C12H14N2O4. The Kier molecular flexibility index (Phi) is 3.66. The van der Waals surface area contributed by atoms with Gasteiger partial charge in [-0.15, -0.1) is 0 Å². The van der Waals surface area contributed by atoms with E-state index in [-0.39, 0.29) is 12.5 Å². The zero-order chi connectivity index (χ0) is 13.0. The summed E-state index contributed by atoms with van der Waals surface area (Å²) >= 11 is 0. The lowest BCUT2D eigenvalue weighted by Crippen LogP contribution is -2.20. The van der Waals surface area contributed by atoms with Crippen LogP contribution in [0.25, 0.3) is 0 Å². The average molecular weight is 250 g/mol. The Morgan fingerprint density at radius 2 is 2.44 bits per heavy atom. The molecule has 1 aliphatic heterocycles. The molecule has 0 saturated carbocycles. The fraction of sp³-hybridized carbons (Fsp3) is 0.333. The van der Waals surface area contributed by atoms with E-state index >= 15 is 0 Å². The largest absolute Gasteiger partial charge is 0.493 e. The quantitative estimate of drug-likeness (QED) is 0.611. The maximum atomic E-state index is 11.0. The highest BCUT2D eigenvalue weighted by atomic mass is 16.5. The van der Waals surface area contributed by atoms with E-state index in [1.54, 1.807) is 25.2 Å². The van der Waals surface area contributed by atoms with Gasteiger partial charge in [0.05, 0.1) is 13.0 Å². The lowest BCUT2D eigenvalue weighted by Gasteiger charge is -2.06. The van der Waals surface area contributed by atoms with Crippen LogP contribution in [0.15, 0.2) is 23.4 Å². The van der Waals surface area contributed by atoms with Crippen molar-refractivity contribution >= 4 is 11.6 Å². The second-order valence-electron chi connectivity index (χ2n) is 3.76. The first-order chi connectivity index (χ1) is 8.74. The fourth-order valence-corrected chi connectivity index (χ4v) is 1.64. The summed E-state index contributed by atoms with van der Waals surface area (Å²) in [5.74, 6) is 1.18. The van der Waals surface area contributed by atoms with E-state index in [0.717, 1.165) is 5.56 Å². The third-order valence-electron chi connectivity index (χ3n) is 2.63. The summed E-state index contributed by atoms with van der Waals surface area (Å²) in [4.78, 5) is 11.0. The molecule has 2 N–H and O–H groups in total. The SMILES string of the molecule is CNC(=O)CCOc1ccc2c(c1)OCC2=NO. The minimum atomic E-state index is -0.0675. The molecule has 0 saturated heterocycles. The highest BCUT2D eigenvalue weighted by Gasteiger charge is 2.20. The van der Waals surface area contributed by atoms with Gasteiger partial charge in [-0.1, -0.05) is 5.16 Å². The van der Waals surface area contributed by atoms with Crippen molar-refractivity contribution in [2.45, 2.75) is 6.42 Å². The third-order valence-corrected chi connectivity index (χ3v) is 2.63. The molecule has 0 radical (unpaired) electrons. The van der Waals surface area contributed by atoms with E-state index in [2.05, 4.69) is 10.5 Å². The second-order valence-corrected chi connectivity index (χ2v) is 3.76. The van der Waals surface area contributed by atoms with Gasteiger partial charge >= 0.3 is 0 Å². The summed E-state index contributed by atoms with van der Waals surface area (Å²) in [7, 11) is 1.58. The van der Waals surface area contributed by atoms with Crippen LogP contribution in [-0.2, 0) is 4.79 Å². The number of nitrogens with one attached hydrogen (secondary N) is 1. The van der Waals surface area contributed by atoms with E-state index in [4.69, 9.17) is 14.7 Å². The third kappa shape index (κ3) is 2.53. The van der Waals surface area contributed by atoms with Gasteiger partial charge in [0.15, 0.2) is 0 Å². The molecule has 1 aromatic rings. The summed E-state index contributed by atoms with van der Waals surface area (Å²) in [6.45, 7) is 0.562. The number of fused-ring (bicyclic) bond motifs is 1. The molecule has 96 valence electrons. The molecule has 1 aromatic carbocycles. The van der Waals surface area contributed by atoms with Gasteiger partial charge in [0.2, 0.25) is 5.91 Å². The molecule has 6 nitrogen and oxygen atoms in total. The van der Waals surface area contributed by atoms with Gasteiger partial charge in [0.1, 0.15) is 23.8 Å². The monoisotopic (exact) mass is 250 g/mol. The molecule has 0 aromatic heterocycles. The maximum Gasteiger partial charge on any atom is 0.223 e. The number of amides is 1. The van der Waals surface area contributed by atoms with Crippen LogP contribution in [0.5, 0.6) is 11.5 Å². The number of oxime groups is 1. The molecule has 18 heavy (non-hydrogen) atoms. The van der Waals surface area contributed by atoms with Crippen molar-refractivity contribution in [2.24, 2.45) is 5.16 Å². The van der Waals surface area contributed by atoms with Gasteiger partial charge in [-0.2, -0.15) is 0 Å². The van der Waals surface area contributed by atoms with E-state index in [1.165, 1.54) is 0 Å². The van der Waals surface area contributed by atoms with E-state index in [1.807, 2.05) is 0 Å². The standard InChI is InChI=1S/C12H14N2O4/c1-13-12(15)4-5-17-8-2-3-9-10(14-16)7-18-11(9)6-8/h2-3,6,16H,4-5,7H2,1H3,(H,13,15). The first-order valence-corrected chi connectivity index (χ1v) is 5.56. The first-order valence-electron chi connectivity index (χ1n) is 5.56. The number of hydrogen-bond donors (Lipinski definition) is 2. The van der Waals surface area contributed by atoms with Gasteiger partial charge in [0.25, 0.3) is 0 Å². The van der Waals surface area contributed by atoms with Gasteiger partial charge in [0, 0.05) is 18.7 Å². The maximum absolute atomic E-state index is 11.0. The van der Waals surface area contributed by atoms with Crippen molar-refractivity contribution < 1.29 is 19.5 Å². The van der Waals surface area contributed by atoms with Gasteiger partial charge in [-0.25, -0.2) is 0 Å². The Bertz CT molecular complexity index is 485. The first kappa shape index (κ1) is 12.2. The molecule has 1 heterocycles. The van der Waals surface area contributed by atoms with Gasteiger partial charge in [-0.05, 0) is 12.1 Å². The molecule has 1 amide bonds. The zero-order valence-electron chi connectivity index (χ0n) is 9.97. The Morgan fingerprint density at radius 3 is 3.17 bits per heavy atom. The lowest BCUT2D eigenvalue weighted by molar-refractivity contribution is -0.121. The summed E-state index contributed by atoms with van der Waals surface area (Å²) in [6.07, 6.45) is 0.303. The highest BCUT2D eigenvalue weighted by molar-refractivity contribution is 6.06. The highest BCUT2D eigenvalue weighted by Crippen LogP contribution is 2.29. The molecule has 0 bridgehead atoms. The van der Waals surface area contributed by atoms with Crippen LogP contribution in [-0.4, -0.2) is 37.1 Å². The summed E-state index contributed by atoms with van der Waals surface area (Å²) in [5, 5.41) is 14.4. The van der Waals surface area contributed by atoms with Gasteiger partial charge < -0.3 is 20.0 Å². The predicted molar refractivity (Wildman–Crippen MR) is 64.4 cm³/mol. The minimum Gasteiger partial charge on any atom is -0.493 e. The van der Waals surface area contributed by atoms with Crippen molar-refractivity contribution in [3.63, 3.8) is 0 Å². The number of hydrogen-bond acceptors (Lipinski definition) is 5. The lowest BCUT2D eigenvalue weighted by atomic mass is 10.1. The van der Waals surface area contributed by atoms with E-state index in [9.17, 15) is 4.79 Å². The van der Waals surface area contributed by atoms with Crippen molar-refractivity contribution in [1.29, 1.82) is 0 Å². The average Bonchev–Trinajstić information content (AvgIpc) is 2.80. The molecule has 1 aliphatic rings. The summed E-state index contributed by atoms with van der Waals surface area (Å²) in [6, 6.07) is 5.24. The second kappa shape index (κ2) is 5.39. The predicted octanol–water partition coefficient (Wildman–Crippen LogP) is 0.772. The number of carbonyl (C=O) groups excluding carboxylic acids is 1. The molecule has 0 fully saturated rings. The Morgan fingerprint density at radius 1 is 1.61 bits per heavy atom. The summed E-state index contributed by atoms with van der Waals surface area (Å²) in [5.41, 5.74) is 1.26. The molecule has 0 aliphatic carbocycles. The molecule has 0 unspecified atom stereocenters. The van der Waals surface area contributed by atoms with Crippen LogP contribution in [0.3, 0.4) is 0 Å². The van der Waals surface area contributed by atoms with Crippen LogP contribution in [0.1, 0.15) is 12.0 Å². The number of ether oxygens (including phenoxy) is 2. The number of benzene rings is 1. The van der Waals surface area contributed by atoms with Crippen LogP contribution in [0.2, 0.25) is 0 Å². The van der Waals surface area contributed by atoms with E-state index in [0.29, 0.717) is 30.2 Å². The van der Waals surface area contributed by atoms with Crippen molar-refractivity contribution in [3.05, 3.63) is 23.8 Å². The molecular weight excluding hydrogens is 236 g/mol. The van der Waals surface area contributed by atoms with Crippen molar-refractivity contribution in [1.82, 2.24) is 5.32 Å². The normalized spacial score (nSPS) is 15.1. The molecule has 6 heteroatoms. The van der Waals surface area contributed by atoms with E-state index < -0.39 is 0 Å². The molecule has 0 atom stereocenters. The number of rotatable bonds is 4. The van der Waals surface area contributed by atoms with Crippen molar-refractivity contribution in [2.75, 3.05) is 20.3 Å². The molecule has 2 rings (SSSR count).